The number of nitrogens with zero attached hydrogens (tertiary/aromatic N) is 4. The number of aromatic hydroxyl groups is 1. The third kappa shape index (κ3) is 43.7. The van der Waals surface area contributed by atoms with Crippen LogP contribution in [0.15, 0.2) is 146 Å². The Balaban J connectivity index is -0.000000746. The molecule has 8 unspecified atom stereocenters. The fourth-order valence-corrected chi connectivity index (χ4v) is 12.2. The van der Waals surface area contributed by atoms with Gasteiger partial charge < -0.3 is 102 Å². The van der Waals surface area contributed by atoms with Gasteiger partial charge in [-0.15, -0.1) is 0 Å². The van der Waals surface area contributed by atoms with E-state index < -0.39 is 165 Å². The number of aliphatic carboxylic acids is 2. The maximum atomic E-state index is 13.9. The predicted molar refractivity (Wildman–Crippen MR) is 479 cm³/mol. The van der Waals surface area contributed by atoms with Crippen molar-refractivity contribution in [2.24, 2.45) is 5.73 Å². The molecule has 0 radical (unpaired) electrons. The van der Waals surface area contributed by atoms with E-state index in [2.05, 4.69) is 76.2 Å². The first kappa shape index (κ1) is 136. The number of carbonyl (C=O) groups excluding carboxylic acids is 10. The predicted octanol–water partition coefficient (Wildman–Crippen LogP) is 7.21. The van der Waals surface area contributed by atoms with Gasteiger partial charge in [-0.05, 0) is 109 Å². The van der Waals surface area contributed by atoms with Gasteiger partial charge in [-0.3, -0.25) is 61.2 Å². The summed E-state index contributed by atoms with van der Waals surface area (Å²) < 4.78 is 232. The molecule has 3 aromatic heterocycles. The van der Waals surface area contributed by atoms with Crippen LogP contribution >= 0.6 is 47.0 Å². The number of halogens is 14. The monoisotopic (exact) mass is 2120 g/mol. The Labute approximate surface area is 866 Å². The zero-order chi connectivity index (χ0) is 104. The zero-order valence-electron chi connectivity index (χ0n) is 76.1. The van der Waals surface area contributed by atoms with Gasteiger partial charge in [-0.1, -0.05) is 49.8 Å². The Bertz CT molecular complexity index is 5630. The van der Waals surface area contributed by atoms with Crippen molar-refractivity contribution < 1.29 is 274 Å². The van der Waals surface area contributed by atoms with E-state index in [1.54, 1.807) is 14.2 Å². The van der Waals surface area contributed by atoms with Gasteiger partial charge in [0.2, 0.25) is 6.41 Å². The van der Waals surface area contributed by atoms with Crippen molar-refractivity contribution in [2.75, 3.05) is 85.2 Å². The number of carbonyl (C=O) groups is 10. The zero-order valence-corrected chi connectivity index (χ0v) is 87.0. The van der Waals surface area contributed by atoms with Gasteiger partial charge in [0.1, 0.15) is 117 Å². The van der Waals surface area contributed by atoms with Gasteiger partial charge in [0.25, 0.3) is 11.9 Å². The standard InChI is InChI=1S/2C13H12F2NO3P.C12H10F2NO3P.C11H12F2NO3P.C8H8F2NO2P.C8H7F2NO2.C7H4F2O.C5H13NO2.2C4H5O3.K.Na.2H2O/c2*1-18-12-9(13(17)19-2)6-16(20)11(12)8-4-3-7(14)5-10(8)15;1-18-12(17)8-5-15(19)10(11(8)16)7-3-2-6(13)4-9(7)14;1-17-10(16)5-9(15)11(14-18)7-3-2-6(12)4-8(7)13;9-4-1-2-5(6(10)3-4)7(11-14)8(12)13;9-4-1-2-5(6(10)3-4)7(11)8(12)13;8-6-2-1-5(4-10)7(9)3-6;1-6(2)5(7-3)8-4;2*1-7-4(6)2-3-5;;;;/h2*3-6H,20H2,1-2H3;2-5,16H,19H2,1H3;2-4,11,14H,5,18H2,1H3;1-3,7,11H,14H2,(H,12,13);1-3,7H,11H2,(H,12,13);1-4H;5H,1-4H3;2*2H2,1H3;;;2*1H2/q;;;;;;;;2*-1;2*+1;;/p-2. The van der Waals surface area contributed by atoms with Gasteiger partial charge >= 0.3 is 117 Å². The number of methoxy groups -OCH3 is 10. The Hall–Kier alpha value is -10.3. The van der Waals surface area contributed by atoms with Crippen molar-refractivity contribution in [2.45, 2.75) is 43.8 Å². The topological polar surface area (TPSA) is 486 Å². The molecule has 8 atom stereocenters. The molecule has 0 aliphatic rings. The average Bonchev–Trinajstić information content (AvgIpc) is 1.62. The summed E-state index contributed by atoms with van der Waals surface area (Å²) in [6.07, 6.45) is 6.05. The Kier molecular flexibility index (Phi) is 68.3. The molecule has 0 bridgehead atoms. The summed E-state index contributed by atoms with van der Waals surface area (Å²) in [5.41, 5.74) is 5.72. The maximum absolute atomic E-state index is 13.9. The summed E-state index contributed by atoms with van der Waals surface area (Å²) in [7, 11) is 27.8. The van der Waals surface area contributed by atoms with Gasteiger partial charge in [0.05, 0.1) is 85.6 Å². The maximum Gasteiger partial charge on any atom is 1.00 e. The summed E-state index contributed by atoms with van der Waals surface area (Å²) in [6.45, 7) is 0. The number of carboxylic acid groups (broad SMARTS) is 2. The molecule has 0 saturated carbocycles. The van der Waals surface area contributed by atoms with Crippen molar-refractivity contribution in [1.82, 2.24) is 28.1 Å². The number of esters is 6. The first-order valence-corrected chi connectivity index (χ1v) is 39.7. The number of aromatic nitrogens is 3. The first-order chi connectivity index (χ1) is 64.1. The van der Waals surface area contributed by atoms with Crippen LogP contribution in [0.2, 0.25) is 0 Å². The second kappa shape index (κ2) is 70.4. The van der Waals surface area contributed by atoms with E-state index in [4.69, 9.17) is 34.9 Å². The molecular weight excluding hydrogens is 2030 g/mol. The minimum atomic E-state index is -1.46. The quantitative estimate of drug-likeness (QED) is 0.00359. The van der Waals surface area contributed by atoms with Crippen LogP contribution in [0.5, 0.6) is 17.2 Å². The number of nitrogens with two attached hydrogens (primary N) is 1. The number of Topliss-reactive ketones (excluding diaryl/α,β-unsaturated/α-hetero) is 1. The molecule has 3 heterocycles. The van der Waals surface area contributed by atoms with E-state index in [0.29, 0.717) is 48.0 Å². The molecule has 34 nitrogen and oxygen atoms in total. The van der Waals surface area contributed by atoms with Crippen molar-refractivity contribution >= 4 is 119 Å². The Morgan fingerprint density at radius 2 is 0.721 bits per heavy atom. The normalized spacial score (nSPS) is 10.4. The van der Waals surface area contributed by atoms with E-state index in [-0.39, 0.29) is 184 Å². The summed E-state index contributed by atoms with van der Waals surface area (Å²) in [5, 5.41) is 31.9. The van der Waals surface area contributed by atoms with Gasteiger partial charge in [-0.25, -0.2) is 75.8 Å². The molecule has 7 aromatic carbocycles. The number of ether oxygens (including phenoxy) is 10. The largest absolute Gasteiger partial charge is 1.00 e. The average molecular weight is 2120 g/mol. The number of ketones is 1. The molecule has 10 rings (SSSR count). The first-order valence-electron chi connectivity index (χ1n) is 37.0. The minimum Gasteiger partial charge on any atom is -0.870 e. The van der Waals surface area contributed by atoms with E-state index in [0.717, 1.165) is 86.0 Å². The molecule has 140 heavy (non-hydrogen) atoms. The molecule has 0 saturated heterocycles. The van der Waals surface area contributed by atoms with E-state index >= 15 is 0 Å². The van der Waals surface area contributed by atoms with Gasteiger partial charge in [0.15, 0.2) is 29.3 Å². The number of hydrogen-bond acceptors (Lipinski definition) is 29. The molecular formula is C85H90F14KN7NaO27P5-2. The van der Waals surface area contributed by atoms with E-state index in [1.807, 2.05) is 28.4 Å². The van der Waals surface area contributed by atoms with Crippen molar-refractivity contribution in [1.29, 1.82) is 0 Å². The number of nitrogens with one attached hydrogen (secondary N) is 2. The molecule has 9 N–H and O–H groups in total. The van der Waals surface area contributed by atoms with Crippen LogP contribution in [0.4, 0.5) is 61.5 Å². The van der Waals surface area contributed by atoms with Crippen molar-refractivity contribution in [3.63, 3.8) is 0 Å². The SMILES string of the molecule is COC(=O)CC(=O)C(NP)c1ccc(F)cc1F.COC(=O)C[C-]=O.COC(=O)C[C-]=O.COC(=O)c1cn(P)c(-c2ccc(F)cc2F)c1O.COC(=O)c1cn(P)c(-c2ccc(F)cc2F)c1OC.COC(=O)c1cn(P)c(-c2ccc(F)cc2F)c1OC.COC(OC)N(C)C.NC(C(=O)O)c1ccc(F)cc1F.O=C(O)C(NP)c1ccc(F)cc1F.O=Cc1ccc(F)cc1F.[K+].[Na+].[OH-].[OH-]. The summed E-state index contributed by atoms with van der Waals surface area (Å²) in [4.78, 5) is 129. The fourth-order valence-electron chi connectivity index (χ4n) is 10.2. The van der Waals surface area contributed by atoms with Crippen LogP contribution in [0.1, 0.15) is 95.5 Å². The number of aldehydes is 1. The van der Waals surface area contributed by atoms with Crippen molar-refractivity contribution in [3.8, 4) is 51.0 Å². The van der Waals surface area contributed by atoms with Gasteiger partial charge in [0, 0.05) is 109 Å². The van der Waals surface area contributed by atoms with Gasteiger partial charge in [-0.2, -0.15) is 0 Å². The fraction of sp³-hybridized carbons (Fsp3) is 0.224. The summed E-state index contributed by atoms with van der Waals surface area (Å²) in [5.74, 6) is -17.9. The smallest absolute Gasteiger partial charge is 0.870 e. The second-order valence-electron chi connectivity index (χ2n) is 25.5. The molecule has 0 aliphatic heterocycles. The molecule has 754 valence electrons. The van der Waals surface area contributed by atoms with Crippen LogP contribution in [-0.2, 0) is 76.3 Å². The van der Waals surface area contributed by atoms with Crippen LogP contribution in [-0.4, -0.2) is 208 Å². The molecule has 0 spiro atoms. The van der Waals surface area contributed by atoms with Crippen LogP contribution in [0.3, 0.4) is 0 Å². The van der Waals surface area contributed by atoms with Crippen molar-refractivity contribution in [3.05, 3.63) is 266 Å². The summed E-state index contributed by atoms with van der Waals surface area (Å²) in [6, 6.07) is 16.6. The number of rotatable bonds is 26. The van der Waals surface area contributed by atoms with Crippen LogP contribution < -0.4 is 106 Å². The minimum absolute atomic E-state index is 0. The molecule has 10 aromatic rings. The van der Waals surface area contributed by atoms with Crippen LogP contribution in [0, 0.1) is 81.4 Å². The number of hydrogen-bond donors (Lipinski definition) is 6. The van der Waals surface area contributed by atoms with Crippen LogP contribution in [0.25, 0.3) is 33.8 Å². The second-order valence-corrected chi connectivity index (χ2v) is 27.9. The summed E-state index contributed by atoms with van der Waals surface area (Å²) >= 11 is 0. The third-order valence-electron chi connectivity index (χ3n) is 16.5. The Morgan fingerprint density at radius 3 is 0.979 bits per heavy atom. The Morgan fingerprint density at radius 1 is 0.429 bits per heavy atom. The van der Waals surface area contributed by atoms with E-state index in [1.165, 1.54) is 112 Å². The number of benzene rings is 7. The number of carboxylic acids is 2. The molecule has 0 aliphatic carbocycles. The molecule has 0 fully saturated rings. The third-order valence-corrected chi connectivity index (χ3v) is 18.4. The molecule has 55 heteroatoms. The molecule has 0 amide bonds. The van der Waals surface area contributed by atoms with E-state index in [9.17, 15) is 124 Å².